The zero-order chi connectivity index (χ0) is 14.6. The third kappa shape index (κ3) is 6.65. The van der Waals surface area contributed by atoms with Crippen molar-refractivity contribution in [2.75, 3.05) is 47.3 Å². The zero-order valence-corrected chi connectivity index (χ0v) is 12.1. The lowest BCUT2D eigenvalue weighted by Gasteiger charge is -2.06. The first-order valence-corrected chi connectivity index (χ1v) is 6.59. The Balaban J connectivity index is 2.10. The van der Waals surface area contributed by atoms with Crippen LogP contribution >= 0.6 is 0 Å². The molecule has 0 aliphatic carbocycles. The molecule has 0 aliphatic heterocycles. The molecule has 20 heavy (non-hydrogen) atoms. The molecule has 0 unspecified atom stereocenters. The van der Waals surface area contributed by atoms with Gasteiger partial charge in [0.2, 0.25) is 0 Å². The highest BCUT2D eigenvalue weighted by atomic mass is 16.5. The number of ether oxygens (including phenoxy) is 4. The van der Waals surface area contributed by atoms with Gasteiger partial charge in [-0.1, -0.05) is 0 Å². The number of methoxy groups -OCH3 is 2. The van der Waals surface area contributed by atoms with Crippen molar-refractivity contribution in [3.05, 3.63) is 29.8 Å². The number of hydrogen-bond donors (Lipinski definition) is 0. The van der Waals surface area contributed by atoms with E-state index in [0.717, 1.165) is 12.2 Å². The van der Waals surface area contributed by atoms with Gasteiger partial charge < -0.3 is 18.9 Å². The summed E-state index contributed by atoms with van der Waals surface area (Å²) in [6, 6.07) is 6.97. The Morgan fingerprint density at radius 3 is 2.30 bits per heavy atom. The standard InChI is InChI=1S/C15H22O5/c1-17-8-3-9-19-10-11-20-12-15(16)13-4-6-14(18-2)7-5-13/h4-7H,3,8-12H2,1-2H3. The summed E-state index contributed by atoms with van der Waals surface area (Å²) in [5, 5.41) is 0. The highest BCUT2D eigenvalue weighted by molar-refractivity contribution is 5.97. The number of hydrogen-bond acceptors (Lipinski definition) is 5. The molecule has 5 heteroatoms. The SMILES string of the molecule is COCCCOCCOCC(=O)c1ccc(OC)cc1. The maximum atomic E-state index is 11.8. The predicted octanol–water partition coefficient (Wildman–Crippen LogP) is 1.95. The normalized spacial score (nSPS) is 10.5. The van der Waals surface area contributed by atoms with Gasteiger partial charge in [0, 0.05) is 25.9 Å². The number of rotatable bonds is 11. The molecule has 0 fully saturated rings. The minimum absolute atomic E-state index is 0.0490. The van der Waals surface area contributed by atoms with Crippen LogP contribution in [0.15, 0.2) is 24.3 Å². The Morgan fingerprint density at radius 1 is 0.950 bits per heavy atom. The fraction of sp³-hybridized carbons (Fsp3) is 0.533. The van der Waals surface area contributed by atoms with Crippen LogP contribution in [0.5, 0.6) is 5.75 Å². The van der Waals surface area contributed by atoms with E-state index < -0.39 is 0 Å². The quantitative estimate of drug-likeness (QED) is 0.458. The van der Waals surface area contributed by atoms with Crippen LogP contribution < -0.4 is 4.74 Å². The number of carbonyl (C=O) groups excluding carboxylic acids is 1. The molecule has 5 nitrogen and oxygen atoms in total. The first-order chi connectivity index (χ1) is 9.77. The van der Waals surface area contributed by atoms with Crippen molar-refractivity contribution in [1.29, 1.82) is 0 Å². The Kier molecular flexibility index (Phi) is 8.62. The highest BCUT2D eigenvalue weighted by Gasteiger charge is 2.05. The smallest absolute Gasteiger partial charge is 0.188 e. The fourth-order valence-corrected chi connectivity index (χ4v) is 1.55. The second-order valence-corrected chi connectivity index (χ2v) is 4.16. The zero-order valence-electron chi connectivity index (χ0n) is 12.1. The highest BCUT2D eigenvalue weighted by Crippen LogP contribution is 2.11. The minimum atomic E-state index is -0.0490. The largest absolute Gasteiger partial charge is 0.497 e. The molecule has 0 aliphatic rings. The molecule has 0 saturated heterocycles. The van der Waals surface area contributed by atoms with Crippen LogP contribution in [0.3, 0.4) is 0 Å². The molecule has 0 amide bonds. The van der Waals surface area contributed by atoms with Gasteiger partial charge in [0.25, 0.3) is 0 Å². The van der Waals surface area contributed by atoms with Crippen LogP contribution in [-0.4, -0.2) is 53.0 Å². The molecular weight excluding hydrogens is 260 g/mol. The maximum absolute atomic E-state index is 11.8. The average molecular weight is 282 g/mol. The van der Waals surface area contributed by atoms with E-state index in [0.29, 0.717) is 32.0 Å². The van der Waals surface area contributed by atoms with E-state index in [2.05, 4.69) is 0 Å². The summed E-state index contributed by atoms with van der Waals surface area (Å²) in [6.07, 6.45) is 0.862. The maximum Gasteiger partial charge on any atom is 0.188 e. The minimum Gasteiger partial charge on any atom is -0.497 e. The molecule has 0 spiro atoms. The van der Waals surface area contributed by atoms with Crippen molar-refractivity contribution in [1.82, 2.24) is 0 Å². The van der Waals surface area contributed by atoms with E-state index >= 15 is 0 Å². The molecule has 0 aromatic heterocycles. The van der Waals surface area contributed by atoms with E-state index in [9.17, 15) is 4.79 Å². The molecule has 112 valence electrons. The molecule has 0 radical (unpaired) electrons. The summed E-state index contributed by atoms with van der Waals surface area (Å²) >= 11 is 0. The lowest BCUT2D eigenvalue weighted by molar-refractivity contribution is 0.0382. The van der Waals surface area contributed by atoms with Crippen molar-refractivity contribution >= 4 is 5.78 Å². The third-order valence-electron chi connectivity index (χ3n) is 2.65. The first kappa shape index (κ1) is 16.6. The molecule has 1 aromatic rings. The van der Waals surface area contributed by atoms with Crippen molar-refractivity contribution in [2.45, 2.75) is 6.42 Å². The fourth-order valence-electron chi connectivity index (χ4n) is 1.55. The third-order valence-corrected chi connectivity index (χ3v) is 2.65. The first-order valence-electron chi connectivity index (χ1n) is 6.59. The van der Waals surface area contributed by atoms with Crippen LogP contribution in [0.4, 0.5) is 0 Å². The number of benzene rings is 1. The summed E-state index contributed by atoms with van der Waals surface area (Å²) < 4.78 is 20.5. The van der Waals surface area contributed by atoms with E-state index in [4.69, 9.17) is 18.9 Å². The van der Waals surface area contributed by atoms with E-state index in [1.54, 1.807) is 38.5 Å². The molecule has 0 atom stereocenters. The van der Waals surface area contributed by atoms with Gasteiger partial charge in [-0.3, -0.25) is 4.79 Å². The summed E-state index contributed by atoms with van der Waals surface area (Å²) in [6.45, 7) is 2.29. The van der Waals surface area contributed by atoms with Crippen molar-refractivity contribution in [2.24, 2.45) is 0 Å². The van der Waals surface area contributed by atoms with Gasteiger partial charge in [-0.25, -0.2) is 0 Å². The second kappa shape index (κ2) is 10.4. The number of Topliss-reactive ketones (excluding diaryl/α,β-unsaturated/α-hetero) is 1. The molecule has 0 N–H and O–H groups in total. The van der Waals surface area contributed by atoms with Gasteiger partial charge in [0.1, 0.15) is 12.4 Å². The van der Waals surface area contributed by atoms with Crippen molar-refractivity contribution < 1.29 is 23.7 Å². The van der Waals surface area contributed by atoms with Gasteiger partial charge in [-0.15, -0.1) is 0 Å². The Bertz CT molecular complexity index is 374. The average Bonchev–Trinajstić information content (AvgIpc) is 2.50. The predicted molar refractivity (Wildman–Crippen MR) is 75.5 cm³/mol. The molecular formula is C15H22O5. The summed E-state index contributed by atoms with van der Waals surface area (Å²) in [4.78, 5) is 11.8. The monoisotopic (exact) mass is 282 g/mol. The molecule has 1 aromatic carbocycles. The second-order valence-electron chi connectivity index (χ2n) is 4.16. The van der Waals surface area contributed by atoms with E-state index in [1.807, 2.05) is 0 Å². The van der Waals surface area contributed by atoms with Crippen molar-refractivity contribution in [3.8, 4) is 5.75 Å². The van der Waals surface area contributed by atoms with Crippen LogP contribution in [0.1, 0.15) is 16.8 Å². The molecule has 0 bridgehead atoms. The van der Waals surface area contributed by atoms with Gasteiger partial charge in [0.05, 0.1) is 20.3 Å². The summed E-state index contributed by atoms with van der Waals surface area (Å²) in [5.74, 6) is 0.680. The van der Waals surface area contributed by atoms with Gasteiger partial charge >= 0.3 is 0 Å². The van der Waals surface area contributed by atoms with Crippen LogP contribution in [0.2, 0.25) is 0 Å². The van der Waals surface area contributed by atoms with E-state index in [1.165, 1.54) is 0 Å². The summed E-state index contributed by atoms with van der Waals surface area (Å²) in [7, 11) is 3.25. The molecule has 0 saturated carbocycles. The Labute approximate surface area is 119 Å². The van der Waals surface area contributed by atoms with Crippen LogP contribution in [0, 0.1) is 0 Å². The summed E-state index contributed by atoms with van der Waals surface area (Å²) in [5.41, 5.74) is 0.617. The number of ketones is 1. The van der Waals surface area contributed by atoms with Crippen LogP contribution in [-0.2, 0) is 14.2 Å². The van der Waals surface area contributed by atoms with Crippen LogP contribution in [0.25, 0.3) is 0 Å². The van der Waals surface area contributed by atoms with Gasteiger partial charge in [-0.2, -0.15) is 0 Å². The topological polar surface area (TPSA) is 54.0 Å². The van der Waals surface area contributed by atoms with Crippen molar-refractivity contribution in [3.63, 3.8) is 0 Å². The van der Waals surface area contributed by atoms with E-state index in [-0.39, 0.29) is 12.4 Å². The Hall–Kier alpha value is -1.43. The lowest BCUT2D eigenvalue weighted by atomic mass is 10.1. The lowest BCUT2D eigenvalue weighted by Crippen LogP contribution is -2.13. The van der Waals surface area contributed by atoms with Gasteiger partial charge in [-0.05, 0) is 30.7 Å². The molecule has 1 rings (SSSR count). The molecule has 0 heterocycles. The Morgan fingerprint density at radius 2 is 1.65 bits per heavy atom. The van der Waals surface area contributed by atoms with Gasteiger partial charge in [0.15, 0.2) is 5.78 Å². The number of carbonyl (C=O) groups is 1.